The first-order valence-electron chi connectivity index (χ1n) is 10.7. The van der Waals surface area contributed by atoms with Gasteiger partial charge in [-0.1, -0.05) is 6.92 Å². The van der Waals surface area contributed by atoms with E-state index >= 15 is 0 Å². The van der Waals surface area contributed by atoms with Crippen molar-refractivity contribution in [3.8, 4) is 0 Å². The van der Waals surface area contributed by atoms with Gasteiger partial charge in [0.1, 0.15) is 0 Å². The maximum atomic E-state index is 12.7. The van der Waals surface area contributed by atoms with E-state index in [1.807, 2.05) is 4.90 Å². The summed E-state index contributed by atoms with van der Waals surface area (Å²) in [6, 6.07) is -0.0145. The average Bonchev–Trinajstić information content (AvgIpc) is 3.36. The number of aliphatic imine (C=N–C) groups is 1. The van der Waals surface area contributed by atoms with Crippen LogP contribution in [0.1, 0.15) is 40.0 Å². The van der Waals surface area contributed by atoms with Gasteiger partial charge in [-0.15, -0.1) is 0 Å². The fourth-order valence-corrected chi connectivity index (χ4v) is 4.20. The van der Waals surface area contributed by atoms with Gasteiger partial charge in [0.25, 0.3) is 0 Å². The first kappa shape index (κ1) is 20.4. The average molecular weight is 380 g/mol. The van der Waals surface area contributed by atoms with E-state index in [4.69, 9.17) is 9.73 Å². The zero-order valence-electron chi connectivity index (χ0n) is 17.4. The van der Waals surface area contributed by atoms with Crippen molar-refractivity contribution in [3.63, 3.8) is 0 Å². The topological polar surface area (TPSA) is 60.4 Å². The second kappa shape index (κ2) is 9.24. The second-order valence-corrected chi connectivity index (χ2v) is 8.51. The van der Waals surface area contributed by atoms with Crippen molar-refractivity contribution in [3.05, 3.63) is 0 Å². The summed E-state index contributed by atoms with van der Waals surface area (Å²) in [5, 5.41) is 3.45. The summed E-state index contributed by atoms with van der Waals surface area (Å²) in [5.74, 6) is 1.31. The normalized spacial score (nSPS) is 28.6. The molecule has 0 bridgehead atoms. The lowest BCUT2D eigenvalue weighted by atomic mass is 9.90. The Bertz CT molecular complexity index is 518. The lowest BCUT2D eigenvalue weighted by molar-refractivity contribution is -0.135. The summed E-state index contributed by atoms with van der Waals surface area (Å²) >= 11 is 0. The molecule has 1 amide bonds. The van der Waals surface area contributed by atoms with E-state index in [2.05, 4.69) is 35.9 Å². The number of amides is 1. The highest BCUT2D eigenvalue weighted by Crippen LogP contribution is 2.28. The first-order chi connectivity index (χ1) is 13.0. The Morgan fingerprint density at radius 3 is 2.44 bits per heavy atom. The van der Waals surface area contributed by atoms with Crippen LogP contribution in [-0.4, -0.2) is 98.2 Å². The number of nitrogens with one attached hydrogen (secondary N) is 1. The quantitative estimate of drug-likeness (QED) is 0.571. The Balaban J connectivity index is 1.53. The van der Waals surface area contributed by atoms with Crippen molar-refractivity contribution < 1.29 is 9.53 Å². The van der Waals surface area contributed by atoms with Gasteiger partial charge in [0.05, 0.1) is 19.2 Å². The molecule has 0 aromatic carbocycles. The number of hydrogen-bond acceptors (Lipinski definition) is 4. The number of hydrogen-bond donors (Lipinski definition) is 1. The smallest absolute Gasteiger partial charge is 0.239 e. The number of likely N-dealkylation sites (tertiary alicyclic amines) is 1. The molecule has 3 rings (SSSR count). The van der Waals surface area contributed by atoms with Crippen LogP contribution in [0.5, 0.6) is 0 Å². The summed E-state index contributed by atoms with van der Waals surface area (Å²) < 4.78 is 5.56. The minimum Gasteiger partial charge on any atom is -0.381 e. The van der Waals surface area contributed by atoms with Crippen LogP contribution in [0.2, 0.25) is 0 Å². The van der Waals surface area contributed by atoms with Crippen molar-refractivity contribution in [1.29, 1.82) is 0 Å². The number of carbonyl (C=O) groups is 1. The molecule has 0 aromatic heterocycles. The molecule has 0 radical (unpaired) electrons. The molecule has 0 saturated carbocycles. The van der Waals surface area contributed by atoms with E-state index in [9.17, 15) is 4.79 Å². The van der Waals surface area contributed by atoms with Crippen LogP contribution in [0.15, 0.2) is 4.99 Å². The summed E-state index contributed by atoms with van der Waals surface area (Å²) in [6.45, 7) is 15.3. The Morgan fingerprint density at radius 1 is 1.15 bits per heavy atom. The van der Waals surface area contributed by atoms with E-state index < -0.39 is 0 Å². The SMILES string of the molecule is CCNC(=NCC1(C)CCOC1)N1CCN(C(C)C(=O)N2CCCC2)CC1. The minimum absolute atomic E-state index is 0.0145. The van der Waals surface area contributed by atoms with Crippen LogP contribution in [0.25, 0.3) is 0 Å². The van der Waals surface area contributed by atoms with E-state index in [1.165, 1.54) is 0 Å². The minimum atomic E-state index is -0.0145. The molecule has 154 valence electrons. The monoisotopic (exact) mass is 379 g/mol. The van der Waals surface area contributed by atoms with Crippen molar-refractivity contribution in [1.82, 2.24) is 20.0 Å². The van der Waals surface area contributed by atoms with Gasteiger partial charge < -0.3 is 19.9 Å². The largest absolute Gasteiger partial charge is 0.381 e. The highest BCUT2D eigenvalue weighted by atomic mass is 16.5. The van der Waals surface area contributed by atoms with Crippen LogP contribution >= 0.6 is 0 Å². The van der Waals surface area contributed by atoms with Crippen molar-refractivity contribution >= 4 is 11.9 Å². The van der Waals surface area contributed by atoms with Crippen LogP contribution in [0.4, 0.5) is 0 Å². The maximum absolute atomic E-state index is 12.7. The highest BCUT2D eigenvalue weighted by molar-refractivity contribution is 5.82. The number of carbonyl (C=O) groups excluding carboxylic acids is 1. The third-order valence-corrected chi connectivity index (χ3v) is 6.18. The Morgan fingerprint density at radius 2 is 1.85 bits per heavy atom. The summed E-state index contributed by atoms with van der Waals surface area (Å²) in [6.07, 6.45) is 3.39. The van der Waals surface area contributed by atoms with Crippen LogP contribution in [0, 0.1) is 5.41 Å². The molecule has 2 unspecified atom stereocenters. The number of ether oxygens (including phenoxy) is 1. The number of piperazine rings is 1. The fraction of sp³-hybridized carbons (Fsp3) is 0.900. The molecule has 0 aliphatic carbocycles. The Hall–Kier alpha value is -1.34. The van der Waals surface area contributed by atoms with Gasteiger partial charge in [-0.05, 0) is 33.1 Å². The second-order valence-electron chi connectivity index (χ2n) is 8.51. The van der Waals surface area contributed by atoms with E-state index in [1.54, 1.807) is 0 Å². The summed E-state index contributed by atoms with van der Waals surface area (Å²) in [4.78, 5) is 24.3. The van der Waals surface area contributed by atoms with Gasteiger partial charge in [-0.3, -0.25) is 14.7 Å². The van der Waals surface area contributed by atoms with Crippen LogP contribution in [0.3, 0.4) is 0 Å². The Labute approximate surface area is 164 Å². The Kier molecular flexibility index (Phi) is 6.98. The molecule has 7 heteroatoms. The first-order valence-corrected chi connectivity index (χ1v) is 10.7. The molecule has 1 N–H and O–H groups in total. The molecule has 3 aliphatic rings. The summed E-state index contributed by atoms with van der Waals surface area (Å²) in [5.41, 5.74) is 0.166. The molecule has 27 heavy (non-hydrogen) atoms. The van der Waals surface area contributed by atoms with Crippen molar-refractivity contribution in [2.75, 3.05) is 65.6 Å². The molecular weight excluding hydrogens is 342 g/mol. The molecule has 7 nitrogen and oxygen atoms in total. The van der Waals surface area contributed by atoms with Crippen molar-refractivity contribution in [2.45, 2.75) is 46.1 Å². The lowest BCUT2D eigenvalue weighted by Gasteiger charge is -2.39. The van der Waals surface area contributed by atoms with Gasteiger partial charge in [0.2, 0.25) is 5.91 Å². The van der Waals surface area contributed by atoms with Crippen LogP contribution < -0.4 is 5.32 Å². The number of rotatable bonds is 5. The van der Waals surface area contributed by atoms with Gasteiger partial charge in [0, 0.05) is 57.8 Å². The number of nitrogens with zero attached hydrogens (tertiary/aromatic N) is 4. The molecule has 0 spiro atoms. The highest BCUT2D eigenvalue weighted by Gasteiger charge is 2.32. The molecule has 3 heterocycles. The zero-order valence-corrected chi connectivity index (χ0v) is 17.4. The third-order valence-electron chi connectivity index (χ3n) is 6.18. The maximum Gasteiger partial charge on any atom is 0.239 e. The van der Waals surface area contributed by atoms with Crippen LogP contribution in [-0.2, 0) is 9.53 Å². The van der Waals surface area contributed by atoms with E-state index in [0.717, 1.165) is 90.8 Å². The van der Waals surface area contributed by atoms with Gasteiger partial charge >= 0.3 is 0 Å². The van der Waals surface area contributed by atoms with E-state index in [0.29, 0.717) is 5.91 Å². The molecule has 2 atom stereocenters. The molecule has 3 fully saturated rings. The standard InChI is InChI=1S/C20H37N5O2/c1-4-21-19(22-15-20(3)7-14-27-16-20)25-12-10-23(11-13-25)17(2)18(26)24-8-5-6-9-24/h17H,4-16H2,1-3H3,(H,21,22). The van der Waals surface area contributed by atoms with Gasteiger partial charge in [-0.25, -0.2) is 0 Å². The molecular formula is C20H37N5O2. The van der Waals surface area contributed by atoms with Gasteiger partial charge in [-0.2, -0.15) is 0 Å². The molecule has 0 aromatic rings. The summed E-state index contributed by atoms with van der Waals surface area (Å²) in [7, 11) is 0. The predicted octanol–water partition coefficient (Wildman–Crippen LogP) is 1.01. The third kappa shape index (κ3) is 5.13. The molecule has 3 saturated heterocycles. The lowest BCUT2D eigenvalue weighted by Crippen LogP contribution is -2.57. The molecule has 3 aliphatic heterocycles. The van der Waals surface area contributed by atoms with Crippen molar-refractivity contribution in [2.24, 2.45) is 10.4 Å². The van der Waals surface area contributed by atoms with E-state index in [-0.39, 0.29) is 11.5 Å². The zero-order chi connectivity index (χ0) is 19.3. The van der Waals surface area contributed by atoms with Gasteiger partial charge in [0.15, 0.2) is 5.96 Å². The number of guanidine groups is 1. The fourth-order valence-electron chi connectivity index (χ4n) is 4.20. The predicted molar refractivity (Wildman–Crippen MR) is 108 cm³/mol.